The zero-order valence-electron chi connectivity index (χ0n) is 12.4. The predicted molar refractivity (Wildman–Crippen MR) is 80.8 cm³/mol. The van der Waals surface area contributed by atoms with Crippen molar-refractivity contribution in [3.63, 3.8) is 0 Å². The van der Waals surface area contributed by atoms with Gasteiger partial charge in [-0.15, -0.1) is 0 Å². The monoisotopic (exact) mass is 341 g/mol. The lowest BCUT2D eigenvalue weighted by molar-refractivity contribution is -0.143. The first-order valence-corrected chi connectivity index (χ1v) is 7.98. The lowest BCUT2D eigenvalue weighted by Crippen LogP contribution is -2.54. The van der Waals surface area contributed by atoms with E-state index in [0.717, 1.165) is 25.3 Å². The van der Waals surface area contributed by atoms with Gasteiger partial charge >= 0.3 is 5.97 Å². The maximum absolute atomic E-state index is 14.1. The first kappa shape index (κ1) is 16.2. The Morgan fingerprint density at radius 2 is 2.00 bits per heavy atom. The van der Waals surface area contributed by atoms with Gasteiger partial charge in [0, 0.05) is 5.02 Å². The van der Waals surface area contributed by atoms with Crippen LogP contribution in [0.3, 0.4) is 0 Å². The number of hydrogen-bond acceptors (Lipinski definition) is 3. The van der Waals surface area contributed by atoms with Gasteiger partial charge in [0.2, 0.25) is 0 Å². The standard InChI is InChI=1S/C16H17ClFNO4/c17-10-4-5-11(12(18)8-10)14(20)19-13(15(21)22)9-23-16(19)6-2-1-3-7-16/h4-5,8,13H,1-3,6-7,9H2,(H,21,22)/t13-/m1/s1. The summed E-state index contributed by atoms with van der Waals surface area (Å²) >= 11 is 5.72. The number of ether oxygens (including phenoxy) is 1. The van der Waals surface area contributed by atoms with Gasteiger partial charge in [-0.25, -0.2) is 9.18 Å². The molecule has 1 spiro atoms. The minimum Gasteiger partial charge on any atom is -0.480 e. The summed E-state index contributed by atoms with van der Waals surface area (Å²) in [6, 6.07) is 2.65. The molecule has 1 saturated carbocycles. The summed E-state index contributed by atoms with van der Waals surface area (Å²) in [6.45, 7) is -0.0731. The molecule has 5 nitrogen and oxygen atoms in total. The van der Waals surface area contributed by atoms with E-state index >= 15 is 0 Å². The van der Waals surface area contributed by atoms with Crippen LogP contribution in [-0.2, 0) is 9.53 Å². The molecule has 0 radical (unpaired) electrons. The molecule has 124 valence electrons. The summed E-state index contributed by atoms with van der Waals surface area (Å²) in [5, 5.41) is 9.60. The minimum atomic E-state index is -1.14. The van der Waals surface area contributed by atoms with E-state index in [2.05, 4.69) is 0 Å². The Bertz CT molecular complexity index is 645. The van der Waals surface area contributed by atoms with Gasteiger partial charge in [0.25, 0.3) is 5.91 Å². The second-order valence-corrected chi connectivity index (χ2v) is 6.41. The van der Waals surface area contributed by atoms with E-state index in [1.807, 2.05) is 0 Å². The van der Waals surface area contributed by atoms with E-state index in [0.29, 0.717) is 12.8 Å². The van der Waals surface area contributed by atoms with Gasteiger partial charge in [0.1, 0.15) is 11.5 Å². The van der Waals surface area contributed by atoms with Crippen molar-refractivity contribution in [1.82, 2.24) is 4.90 Å². The zero-order valence-corrected chi connectivity index (χ0v) is 13.2. The van der Waals surface area contributed by atoms with Crippen LogP contribution in [0, 0.1) is 5.82 Å². The van der Waals surface area contributed by atoms with E-state index in [1.54, 1.807) is 0 Å². The molecular formula is C16H17ClFNO4. The number of benzene rings is 1. The van der Waals surface area contributed by atoms with Crippen molar-refractivity contribution in [3.05, 3.63) is 34.6 Å². The van der Waals surface area contributed by atoms with Gasteiger partial charge in [0.15, 0.2) is 6.04 Å². The van der Waals surface area contributed by atoms with Crippen LogP contribution < -0.4 is 0 Å². The third-order valence-corrected chi connectivity index (χ3v) is 4.80. The quantitative estimate of drug-likeness (QED) is 0.897. The fraction of sp³-hybridized carbons (Fsp3) is 0.500. The van der Waals surface area contributed by atoms with E-state index < -0.39 is 29.5 Å². The highest BCUT2D eigenvalue weighted by Crippen LogP contribution is 2.41. The van der Waals surface area contributed by atoms with Crippen LogP contribution in [0.4, 0.5) is 4.39 Å². The highest BCUT2D eigenvalue weighted by Gasteiger charge is 2.53. The van der Waals surface area contributed by atoms with Crippen molar-refractivity contribution < 1.29 is 23.8 Å². The van der Waals surface area contributed by atoms with Crippen molar-refractivity contribution in [2.24, 2.45) is 0 Å². The number of rotatable bonds is 2. The van der Waals surface area contributed by atoms with Crippen LogP contribution in [0.2, 0.25) is 5.02 Å². The summed E-state index contributed by atoms with van der Waals surface area (Å²) < 4.78 is 19.9. The topological polar surface area (TPSA) is 66.8 Å². The molecular weight excluding hydrogens is 325 g/mol. The fourth-order valence-electron chi connectivity index (χ4n) is 3.45. The maximum Gasteiger partial charge on any atom is 0.328 e. The smallest absolute Gasteiger partial charge is 0.328 e. The Balaban J connectivity index is 2.00. The van der Waals surface area contributed by atoms with Crippen LogP contribution in [0.5, 0.6) is 0 Å². The molecule has 3 rings (SSSR count). The van der Waals surface area contributed by atoms with Gasteiger partial charge in [-0.3, -0.25) is 9.69 Å². The van der Waals surface area contributed by atoms with Crippen LogP contribution >= 0.6 is 11.6 Å². The molecule has 1 aromatic carbocycles. The average molecular weight is 342 g/mol. The number of carbonyl (C=O) groups is 2. The van der Waals surface area contributed by atoms with Crippen molar-refractivity contribution in [1.29, 1.82) is 0 Å². The van der Waals surface area contributed by atoms with E-state index in [9.17, 15) is 19.1 Å². The summed E-state index contributed by atoms with van der Waals surface area (Å²) in [5.41, 5.74) is -1.12. The van der Waals surface area contributed by atoms with E-state index in [4.69, 9.17) is 16.3 Å². The third kappa shape index (κ3) is 2.81. The molecule has 1 amide bonds. The molecule has 0 unspecified atom stereocenters. The molecule has 1 aromatic rings. The van der Waals surface area contributed by atoms with Crippen molar-refractivity contribution >= 4 is 23.5 Å². The fourth-order valence-corrected chi connectivity index (χ4v) is 3.61. The number of carboxylic acid groups (broad SMARTS) is 1. The molecule has 1 saturated heterocycles. The van der Waals surface area contributed by atoms with Crippen LogP contribution in [0.1, 0.15) is 42.5 Å². The molecule has 1 atom stereocenters. The molecule has 2 fully saturated rings. The molecule has 1 aliphatic carbocycles. The molecule has 0 aromatic heterocycles. The number of halogens is 2. The second kappa shape index (κ2) is 6.09. The normalized spacial score (nSPS) is 23.2. The zero-order chi connectivity index (χ0) is 16.6. The van der Waals surface area contributed by atoms with Crippen LogP contribution in [0.25, 0.3) is 0 Å². The molecule has 1 N–H and O–H groups in total. The minimum absolute atomic E-state index is 0.0731. The van der Waals surface area contributed by atoms with E-state index in [1.165, 1.54) is 17.0 Å². The summed E-state index contributed by atoms with van der Waals surface area (Å²) in [6.07, 6.45) is 3.84. The lowest BCUT2D eigenvalue weighted by atomic mass is 9.89. The van der Waals surface area contributed by atoms with Gasteiger partial charge < -0.3 is 9.84 Å². The number of amides is 1. The average Bonchev–Trinajstić information content (AvgIpc) is 2.86. The van der Waals surface area contributed by atoms with Crippen molar-refractivity contribution in [2.45, 2.75) is 43.9 Å². The largest absolute Gasteiger partial charge is 0.480 e. The van der Waals surface area contributed by atoms with Gasteiger partial charge in [0.05, 0.1) is 12.2 Å². The molecule has 2 aliphatic rings. The Labute approximate surface area is 138 Å². The lowest BCUT2D eigenvalue weighted by Gasteiger charge is -2.41. The van der Waals surface area contributed by atoms with Gasteiger partial charge in [-0.1, -0.05) is 18.0 Å². The highest BCUT2D eigenvalue weighted by atomic mass is 35.5. The summed E-state index contributed by atoms with van der Waals surface area (Å²) in [7, 11) is 0. The second-order valence-electron chi connectivity index (χ2n) is 5.97. The SMILES string of the molecule is O=C(O)[C@H]1COC2(CCCCC2)N1C(=O)c1ccc(Cl)cc1F. The molecule has 23 heavy (non-hydrogen) atoms. The van der Waals surface area contributed by atoms with Crippen LogP contribution in [-0.4, -0.2) is 40.3 Å². The number of nitrogens with zero attached hydrogens (tertiary/aromatic N) is 1. The van der Waals surface area contributed by atoms with Gasteiger partial charge in [-0.2, -0.15) is 0 Å². The number of carboxylic acids is 1. The number of aliphatic carboxylic acids is 1. The summed E-state index contributed by atoms with van der Waals surface area (Å²) in [4.78, 5) is 25.6. The Hall–Kier alpha value is -1.66. The molecule has 7 heteroatoms. The molecule has 1 heterocycles. The number of carbonyl (C=O) groups excluding carboxylic acids is 1. The Morgan fingerprint density at radius 3 is 2.61 bits per heavy atom. The van der Waals surface area contributed by atoms with Crippen molar-refractivity contribution in [3.8, 4) is 0 Å². The highest BCUT2D eigenvalue weighted by molar-refractivity contribution is 6.30. The maximum atomic E-state index is 14.1. The Morgan fingerprint density at radius 1 is 1.30 bits per heavy atom. The first-order chi connectivity index (χ1) is 10.9. The Kier molecular flexibility index (Phi) is 4.29. The summed E-state index contributed by atoms with van der Waals surface area (Å²) in [5.74, 6) is -2.56. The van der Waals surface area contributed by atoms with Gasteiger partial charge in [-0.05, 0) is 43.9 Å². The van der Waals surface area contributed by atoms with Crippen LogP contribution in [0.15, 0.2) is 18.2 Å². The molecule has 0 bridgehead atoms. The number of hydrogen-bond donors (Lipinski definition) is 1. The van der Waals surface area contributed by atoms with Crippen molar-refractivity contribution in [2.75, 3.05) is 6.61 Å². The molecule has 1 aliphatic heterocycles. The first-order valence-electron chi connectivity index (χ1n) is 7.60. The predicted octanol–water partition coefficient (Wildman–Crippen LogP) is 3.07. The van der Waals surface area contributed by atoms with E-state index in [-0.39, 0.29) is 17.2 Å². The third-order valence-electron chi connectivity index (χ3n) is 4.56.